The Hall–Kier alpha value is -3.38. The molecule has 0 aliphatic carbocycles. The molecule has 40 heavy (non-hydrogen) atoms. The van der Waals surface area contributed by atoms with Crippen LogP contribution >= 0.6 is 23.2 Å². The number of hydrogen-bond donors (Lipinski definition) is 1. The Morgan fingerprint density at radius 3 is 2.27 bits per heavy atom. The molecule has 0 saturated carbocycles. The Kier molecular flexibility index (Phi) is 9.05. The van der Waals surface area contributed by atoms with Crippen molar-refractivity contribution in [3.63, 3.8) is 0 Å². The van der Waals surface area contributed by atoms with Crippen LogP contribution in [0.25, 0.3) is 5.69 Å². The largest absolute Gasteiger partial charge is 0.318 e. The minimum atomic E-state index is -0.236. The van der Waals surface area contributed by atoms with Crippen LogP contribution in [0.1, 0.15) is 51.3 Å². The molecule has 0 bridgehead atoms. The first-order valence-corrected chi connectivity index (χ1v) is 14.5. The molecule has 0 atom stereocenters. The zero-order chi connectivity index (χ0) is 28.1. The number of carbonyl (C=O) groups is 1. The van der Waals surface area contributed by atoms with Gasteiger partial charge in [-0.2, -0.15) is 5.10 Å². The lowest BCUT2D eigenvalue weighted by Crippen LogP contribution is -2.33. The van der Waals surface area contributed by atoms with E-state index in [1.165, 1.54) is 30.4 Å². The molecule has 1 amide bonds. The number of aryl methyl sites for hydroxylation is 1. The zero-order valence-electron chi connectivity index (χ0n) is 22.9. The van der Waals surface area contributed by atoms with Gasteiger partial charge in [0, 0.05) is 44.8 Å². The Morgan fingerprint density at radius 1 is 0.925 bits per heavy atom. The summed E-state index contributed by atoms with van der Waals surface area (Å²) in [4.78, 5) is 15.2. The SMILES string of the molecule is Cc1cc(/C=N/NC(=O)c2ccc(CN3CCC(Cc4ccccc4)CC3)cc2)c(C)n1-c1cc(Cl)cc(Cl)c1. The standard InChI is InChI=1S/C33H34Cl2N4O/c1-23-16-29(24(2)39(23)32-19-30(34)18-31(35)20-32)21-36-37-33(40)28-10-8-27(9-11-28)22-38-14-12-26(13-15-38)17-25-6-4-3-5-7-25/h3-11,16,18-21,26H,12-15,17,22H2,1-2H3,(H,37,40)/b36-21+. The first kappa shape index (κ1) is 28.2. The first-order chi connectivity index (χ1) is 19.4. The van der Waals surface area contributed by atoms with Gasteiger partial charge in [-0.25, -0.2) is 5.43 Å². The number of hydrogen-bond acceptors (Lipinski definition) is 3. The first-order valence-electron chi connectivity index (χ1n) is 13.7. The van der Waals surface area contributed by atoms with E-state index >= 15 is 0 Å². The van der Waals surface area contributed by atoms with Crippen molar-refractivity contribution in [3.05, 3.63) is 123 Å². The molecular formula is C33H34Cl2N4O. The van der Waals surface area contributed by atoms with Gasteiger partial charge in [0.1, 0.15) is 0 Å². The highest BCUT2D eigenvalue weighted by atomic mass is 35.5. The summed E-state index contributed by atoms with van der Waals surface area (Å²) in [5, 5.41) is 5.37. The molecule has 5 nitrogen and oxygen atoms in total. The van der Waals surface area contributed by atoms with Gasteiger partial charge in [-0.3, -0.25) is 9.69 Å². The van der Waals surface area contributed by atoms with E-state index in [1.807, 2.05) is 56.3 Å². The van der Waals surface area contributed by atoms with Gasteiger partial charge in [0.25, 0.3) is 5.91 Å². The molecule has 5 rings (SSSR count). The number of aromatic nitrogens is 1. The smallest absolute Gasteiger partial charge is 0.271 e. The summed E-state index contributed by atoms with van der Waals surface area (Å²) in [6, 6.07) is 26.1. The maximum absolute atomic E-state index is 12.7. The van der Waals surface area contributed by atoms with Crippen LogP contribution < -0.4 is 5.43 Å². The van der Waals surface area contributed by atoms with Gasteiger partial charge in [-0.05, 0) is 99.6 Å². The molecule has 1 aliphatic rings. The molecular weight excluding hydrogens is 539 g/mol. The third-order valence-corrected chi connectivity index (χ3v) is 8.08. The summed E-state index contributed by atoms with van der Waals surface area (Å²) in [6.07, 6.45) is 5.28. The van der Waals surface area contributed by atoms with Gasteiger partial charge in [-0.15, -0.1) is 0 Å². The summed E-state index contributed by atoms with van der Waals surface area (Å²) in [5.74, 6) is 0.520. The van der Waals surface area contributed by atoms with Crippen molar-refractivity contribution in [1.29, 1.82) is 0 Å². The fourth-order valence-electron chi connectivity index (χ4n) is 5.52. The van der Waals surface area contributed by atoms with Crippen molar-refractivity contribution in [3.8, 4) is 5.69 Å². The van der Waals surface area contributed by atoms with Crippen LogP contribution in [0.4, 0.5) is 0 Å². The van der Waals surface area contributed by atoms with Crippen LogP contribution in [0.5, 0.6) is 0 Å². The third-order valence-electron chi connectivity index (χ3n) is 7.64. The van der Waals surface area contributed by atoms with Crippen LogP contribution in [-0.4, -0.2) is 34.7 Å². The van der Waals surface area contributed by atoms with Crippen LogP contribution in [-0.2, 0) is 13.0 Å². The van der Waals surface area contributed by atoms with Crippen LogP contribution in [0.2, 0.25) is 10.0 Å². The highest BCUT2D eigenvalue weighted by Gasteiger charge is 2.19. The van der Waals surface area contributed by atoms with Crippen LogP contribution in [0, 0.1) is 19.8 Å². The predicted molar refractivity (Wildman–Crippen MR) is 165 cm³/mol. The number of hydrazone groups is 1. The van der Waals surface area contributed by atoms with Gasteiger partial charge in [0.2, 0.25) is 0 Å². The lowest BCUT2D eigenvalue weighted by Gasteiger charge is -2.32. The van der Waals surface area contributed by atoms with E-state index in [0.717, 1.165) is 48.2 Å². The Labute approximate surface area is 246 Å². The van der Waals surface area contributed by atoms with E-state index in [-0.39, 0.29) is 5.91 Å². The summed E-state index contributed by atoms with van der Waals surface area (Å²) >= 11 is 12.4. The van der Waals surface area contributed by atoms with Gasteiger partial charge in [-0.1, -0.05) is 65.7 Å². The molecule has 0 unspecified atom stereocenters. The molecule has 3 aromatic carbocycles. The maximum Gasteiger partial charge on any atom is 0.271 e. The van der Waals surface area contributed by atoms with E-state index in [4.69, 9.17) is 23.2 Å². The molecule has 0 radical (unpaired) electrons. The van der Waals surface area contributed by atoms with E-state index in [1.54, 1.807) is 12.3 Å². The Bertz CT molecular complexity index is 1470. The van der Waals surface area contributed by atoms with Crippen LogP contribution in [0.15, 0.2) is 84.0 Å². The van der Waals surface area contributed by atoms with Crippen molar-refractivity contribution in [2.45, 2.75) is 39.7 Å². The van der Waals surface area contributed by atoms with Gasteiger partial charge < -0.3 is 4.57 Å². The average Bonchev–Trinajstić information content (AvgIpc) is 3.22. The highest BCUT2D eigenvalue weighted by Crippen LogP contribution is 2.26. The lowest BCUT2D eigenvalue weighted by atomic mass is 9.90. The minimum absolute atomic E-state index is 0.236. The predicted octanol–water partition coefficient (Wildman–Crippen LogP) is 7.62. The summed E-state index contributed by atoms with van der Waals surface area (Å²) < 4.78 is 2.06. The molecule has 7 heteroatoms. The molecule has 1 aromatic heterocycles. The van der Waals surface area contributed by atoms with Crippen molar-refractivity contribution in [1.82, 2.24) is 14.9 Å². The number of likely N-dealkylation sites (tertiary alicyclic amines) is 1. The topological polar surface area (TPSA) is 49.6 Å². The number of amides is 1. The van der Waals surface area contributed by atoms with Crippen molar-refractivity contribution in [2.75, 3.05) is 13.1 Å². The molecule has 2 heterocycles. The summed E-state index contributed by atoms with van der Waals surface area (Å²) in [6.45, 7) is 7.13. The van der Waals surface area contributed by atoms with Gasteiger partial charge >= 0.3 is 0 Å². The summed E-state index contributed by atoms with van der Waals surface area (Å²) in [5.41, 5.74) is 9.66. The zero-order valence-corrected chi connectivity index (χ0v) is 24.4. The number of piperidine rings is 1. The van der Waals surface area contributed by atoms with Crippen LogP contribution in [0.3, 0.4) is 0 Å². The van der Waals surface area contributed by atoms with E-state index in [9.17, 15) is 4.79 Å². The van der Waals surface area contributed by atoms with E-state index in [0.29, 0.717) is 15.6 Å². The number of benzene rings is 3. The number of rotatable bonds is 8. The van der Waals surface area contributed by atoms with Gasteiger partial charge in [0.05, 0.1) is 6.21 Å². The molecule has 1 saturated heterocycles. The minimum Gasteiger partial charge on any atom is -0.318 e. The quantitative estimate of drug-likeness (QED) is 0.174. The normalized spacial score (nSPS) is 14.6. The summed E-state index contributed by atoms with van der Waals surface area (Å²) in [7, 11) is 0. The molecule has 4 aromatic rings. The lowest BCUT2D eigenvalue weighted by molar-refractivity contribution is 0.0955. The molecule has 1 N–H and O–H groups in total. The number of nitrogens with one attached hydrogen (secondary N) is 1. The van der Waals surface area contributed by atoms with Crippen molar-refractivity contribution >= 4 is 35.3 Å². The molecule has 1 fully saturated rings. The van der Waals surface area contributed by atoms with Gasteiger partial charge in [0.15, 0.2) is 0 Å². The molecule has 206 valence electrons. The second-order valence-corrected chi connectivity index (χ2v) is 11.5. The van der Waals surface area contributed by atoms with Crippen molar-refractivity contribution < 1.29 is 4.79 Å². The van der Waals surface area contributed by atoms with Crippen molar-refractivity contribution in [2.24, 2.45) is 11.0 Å². The second kappa shape index (κ2) is 12.9. The Morgan fingerprint density at radius 2 is 1.60 bits per heavy atom. The fraction of sp³-hybridized carbons (Fsp3) is 0.273. The fourth-order valence-corrected chi connectivity index (χ4v) is 6.04. The average molecular weight is 574 g/mol. The maximum atomic E-state index is 12.7. The highest BCUT2D eigenvalue weighted by molar-refractivity contribution is 6.34. The monoisotopic (exact) mass is 572 g/mol. The number of carbonyl (C=O) groups excluding carboxylic acids is 1. The Balaban J connectivity index is 1.13. The number of nitrogens with zero attached hydrogens (tertiary/aromatic N) is 3. The molecule has 0 spiro atoms. The van der Waals surface area contributed by atoms with E-state index < -0.39 is 0 Å². The third kappa shape index (κ3) is 7.03. The second-order valence-electron chi connectivity index (χ2n) is 10.6. The van der Waals surface area contributed by atoms with E-state index in [2.05, 4.69) is 50.3 Å². The molecule has 1 aliphatic heterocycles. The number of halogens is 2.